The molecule has 0 nitrogen and oxygen atoms in total. The summed E-state index contributed by atoms with van der Waals surface area (Å²) in [6, 6.07) is 11.8. The summed E-state index contributed by atoms with van der Waals surface area (Å²) >= 11 is 7.36. The zero-order valence-electron chi connectivity index (χ0n) is 15.5. The Balaban J connectivity index is 1.79. The number of hydrogen-bond donors (Lipinski definition) is 0. The van der Waals surface area contributed by atoms with E-state index in [4.69, 9.17) is 0 Å². The van der Waals surface area contributed by atoms with Gasteiger partial charge in [0.15, 0.2) is 0 Å². The Morgan fingerprint density at radius 1 is 0.846 bits per heavy atom. The summed E-state index contributed by atoms with van der Waals surface area (Å²) in [7, 11) is 0. The fourth-order valence-corrected chi connectivity index (χ4v) is 6.18. The molecule has 0 fully saturated rings. The fraction of sp³-hybridized carbons (Fsp3) is 0.333. The molecule has 5 rings (SSSR count). The molecule has 0 saturated heterocycles. The standard InChI is InChI=1S/C24H22Br2/c1-23(2)19-9-13(25)5-7-15(19)17-11-18-16-8-6-14(26)10-20(16)24(3,4)22(18)12-21(17)23/h5-12,15,19H,1-4H3. The molecule has 0 heterocycles. The predicted molar refractivity (Wildman–Crippen MR) is 117 cm³/mol. The average molecular weight is 470 g/mol. The Hall–Kier alpha value is -1.12. The summed E-state index contributed by atoms with van der Waals surface area (Å²) in [6.07, 6.45) is 7.01. The van der Waals surface area contributed by atoms with Crippen LogP contribution in [0.1, 0.15) is 55.9 Å². The average Bonchev–Trinajstić information content (AvgIpc) is 2.93. The molecule has 0 spiro atoms. The first-order valence-corrected chi connectivity index (χ1v) is 10.8. The maximum atomic E-state index is 3.69. The summed E-state index contributed by atoms with van der Waals surface area (Å²) in [5.74, 6) is 1.00. The number of halogens is 2. The van der Waals surface area contributed by atoms with Crippen molar-refractivity contribution in [3.8, 4) is 11.1 Å². The van der Waals surface area contributed by atoms with Crippen molar-refractivity contribution in [1.82, 2.24) is 0 Å². The minimum atomic E-state index is 0.0413. The zero-order valence-corrected chi connectivity index (χ0v) is 18.7. The molecule has 3 aliphatic rings. The highest BCUT2D eigenvalue weighted by Crippen LogP contribution is 2.58. The SMILES string of the molecule is CC1(C)c2cc(Br)ccc2-c2cc3c(cc21)C(C)(C)C1C=C(Br)C=CC31. The first-order valence-electron chi connectivity index (χ1n) is 9.26. The van der Waals surface area contributed by atoms with Crippen molar-refractivity contribution in [1.29, 1.82) is 0 Å². The van der Waals surface area contributed by atoms with E-state index in [1.165, 1.54) is 37.9 Å². The van der Waals surface area contributed by atoms with E-state index in [9.17, 15) is 0 Å². The topological polar surface area (TPSA) is 0 Å². The predicted octanol–water partition coefficient (Wildman–Crippen LogP) is 7.60. The van der Waals surface area contributed by atoms with Crippen LogP contribution < -0.4 is 0 Å². The van der Waals surface area contributed by atoms with E-state index >= 15 is 0 Å². The summed E-state index contributed by atoms with van der Waals surface area (Å²) < 4.78 is 2.37. The Kier molecular flexibility index (Phi) is 3.42. The number of rotatable bonds is 0. The van der Waals surface area contributed by atoms with E-state index in [-0.39, 0.29) is 10.8 Å². The third kappa shape index (κ3) is 2.06. The number of benzene rings is 2. The molecule has 26 heavy (non-hydrogen) atoms. The molecule has 2 unspecified atom stereocenters. The smallest absolute Gasteiger partial charge is 0.0178 e. The van der Waals surface area contributed by atoms with Crippen molar-refractivity contribution in [3.63, 3.8) is 0 Å². The number of fused-ring (bicyclic) bond motifs is 6. The monoisotopic (exact) mass is 468 g/mol. The maximum absolute atomic E-state index is 3.69. The lowest BCUT2D eigenvalue weighted by atomic mass is 9.74. The summed E-state index contributed by atoms with van der Waals surface area (Å²) in [5, 5.41) is 0. The van der Waals surface area contributed by atoms with Gasteiger partial charge in [0, 0.05) is 20.3 Å². The van der Waals surface area contributed by atoms with Gasteiger partial charge in [-0.2, -0.15) is 0 Å². The van der Waals surface area contributed by atoms with Crippen LogP contribution in [-0.2, 0) is 10.8 Å². The molecule has 2 heteroatoms. The Labute approximate surface area is 172 Å². The highest BCUT2D eigenvalue weighted by atomic mass is 79.9. The zero-order chi connectivity index (χ0) is 18.4. The molecule has 2 aromatic rings. The minimum absolute atomic E-state index is 0.0413. The molecule has 3 aliphatic carbocycles. The van der Waals surface area contributed by atoms with Crippen LogP contribution in [0.25, 0.3) is 11.1 Å². The Bertz CT molecular complexity index is 1020. The van der Waals surface area contributed by atoms with Gasteiger partial charge in [-0.25, -0.2) is 0 Å². The second-order valence-corrected chi connectivity index (χ2v) is 10.8. The first-order chi connectivity index (χ1) is 12.2. The van der Waals surface area contributed by atoms with Crippen molar-refractivity contribution in [2.24, 2.45) is 5.92 Å². The van der Waals surface area contributed by atoms with Gasteiger partial charge >= 0.3 is 0 Å². The fourth-order valence-electron chi connectivity index (χ4n) is 5.38. The van der Waals surface area contributed by atoms with Crippen molar-refractivity contribution in [3.05, 3.63) is 79.8 Å². The number of allylic oxidation sites excluding steroid dienone is 4. The van der Waals surface area contributed by atoms with Gasteiger partial charge in [-0.15, -0.1) is 0 Å². The van der Waals surface area contributed by atoms with Gasteiger partial charge in [-0.05, 0) is 62.9 Å². The Morgan fingerprint density at radius 2 is 1.58 bits per heavy atom. The highest BCUT2D eigenvalue weighted by Gasteiger charge is 2.47. The van der Waals surface area contributed by atoms with Gasteiger partial charge in [-0.1, -0.05) is 89.9 Å². The molecule has 0 saturated carbocycles. The molecule has 0 aromatic heterocycles. The van der Waals surface area contributed by atoms with Crippen molar-refractivity contribution in [2.45, 2.75) is 44.4 Å². The molecule has 0 bridgehead atoms. The van der Waals surface area contributed by atoms with Gasteiger partial charge in [-0.3, -0.25) is 0 Å². The third-order valence-electron chi connectivity index (χ3n) is 6.88. The molecule has 2 aromatic carbocycles. The van der Waals surface area contributed by atoms with Gasteiger partial charge in [0.25, 0.3) is 0 Å². The van der Waals surface area contributed by atoms with E-state index in [1.54, 1.807) is 0 Å². The van der Waals surface area contributed by atoms with Crippen molar-refractivity contribution in [2.75, 3.05) is 0 Å². The second-order valence-electron chi connectivity index (χ2n) is 8.98. The molecule has 132 valence electrons. The van der Waals surface area contributed by atoms with Crippen molar-refractivity contribution < 1.29 is 0 Å². The van der Waals surface area contributed by atoms with Crippen LogP contribution in [0.3, 0.4) is 0 Å². The molecule has 0 aliphatic heterocycles. The maximum Gasteiger partial charge on any atom is 0.0178 e. The van der Waals surface area contributed by atoms with Gasteiger partial charge in [0.2, 0.25) is 0 Å². The second kappa shape index (κ2) is 5.23. The normalized spacial score (nSPS) is 26.0. The largest absolute Gasteiger partial charge is 0.0753 e. The van der Waals surface area contributed by atoms with Crippen molar-refractivity contribution >= 4 is 31.9 Å². The van der Waals surface area contributed by atoms with E-state index in [0.29, 0.717) is 11.8 Å². The van der Waals surface area contributed by atoms with Crippen LogP contribution in [-0.4, -0.2) is 0 Å². The van der Waals surface area contributed by atoms with Crippen LogP contribution in [0.2, 0.25) is 0 Å². The highest BCUT2D eigenvalue weighted by molar-refractivity contribution is 9.12. The van der Waals surface area contributed by atoms with E-state index in [0.717, 1.165) is 4.47 Å². The molecular formula is C24H22Br2. The minimum Gasteiger partial charge on any atom is -0.0753 e. The van der Waals surface area contributed by atoms with Crippen LogP contribution in [0, 0.1) is 5.92 Å². The lowest BCUT2D eigenvalue weighted by Gasteiger charge is -2.30. The van der Waals surface area contributed by atoms with Crippen LogP contribution in [0.5, 0.6) is 0 Å². The molecule has 0 radical (unpaired) electrons. The van der Waals surface area contributed by atoms with Gasteiger partial charge in [0.05, 0.1) is 0 Å². The van der Waals surface area contributed by atoms with Crippen LogP contribution >= 0.6 is 31.9 Å². The molecular weight excluding hydrogens is 448 g/mol. The quantitative estimate of drug-likeness (QED) is 0.372. The van der Waals surface area contributed by atoms with Gasteiger partial charge < -0.3 is 0 Å². The number of hydrogen-bond acceptors (Lipinski definition) is 0. The Morgan fingerprint density at radius 3 is 2.35 bits per heavy atom. The summed E-state index contributed by atoms with van der Waals surface area (Å²) in [4.78, 5) is 0. The van der Waals surface area contributed by atoms with Crippen LogP contribution in [0.4, 0.5) is 0 Å². The lowest BCUT2D eigenvalue weighted by molar-refractivity contribution is 0.393. The van der Waals surface area contributed by atoms with Crippen LogP contribution in [0.15, 0.2) is 57.5 Å². The molecule has 0 N–H and O–H groups in total. The van der Waals surface area contributed by atoms with Gasteiger partial charge in [0.1, 0.15) is 0 Å². The lowest BCUT2D eigenvalue weighted by Crippen LogP contribution is -2.25. The molecule has 0 amide bonds. The summed E-state index contributed by atoms with van der Waals surface area (Å²) in [5.41, 5.74) is 8.95. The van der Waals surface area contributed by atoms with E-state index in [1.807, 2.05) is 0 Å². The summed E-state index contributed by atoms with van der Waals surface area (Å²) in [6.45, 7) is 9.54. The third-order valence-corrected chi connectivity index (χ3v) is 7.91. The van der Waals surface area contributed by atoms with E-state index < -0.39 is 0 Å². The van der Waals surface area contributed by atoms with E-state index in [2.05, 4.69) is 108 Å². The molecule has 2 atom stereocenters. The first kappa shape index (κ1) is 17.0.